The SMILES string of the molecule is C=CCN(CC=C)C(=O)c1cc(Br)cc(S(N)(=O)=O)c1. The van der Waals surface area contributed by atoms with Crippen LogP contribution in [0.25, 0.3) is 0 Å². The molecule has 1 amide bonds. The van der Waals surface area contributed by atoms with E-state index in [0.717, 1.165) is 0 Å². The molecule has 0 saturated heterocycles. The molecule has 0 bridgehead atoms. The molecule has 0 aromatic heterocycles. The number of carbonyl (C=O) groups is 1. The number of amides is 1. The van der Waals surface area contributed by atoms with Crippen molar-refractivity contribution in [1.29, 1.82) is 0 Å². The summed E-state index contributed by atoms with van der Waals surface area (Å²) >= 11 is 3.17. The molecule has 0 atom stereocenters. The Bertz CT molecular complexity index is 631. The van der Waals surface area contributed by atoms with Crippen molar-refractivity contribution in [2.45, 2.75) is 4.90 Å². The van der Waals surface area contributed by atoms with E-state index in [1.807, 2.05) is 0 Å². The number of sulfonamides is 1. The number of halogens is 1. The minimum Gasteiger partial charge on any atom is -0.331 e. The maximum Gasteiger partial charge on any atom is 0.254 e. The highest BCUT2D eigenvalue weighted by molar-refractivity contribution is 9.10. The molecule has 108 valence electrons. The number of rotatable bonds is 6. The van der Waals surface area contributed by atoms with Crippen molar-refractivity contribution in [2.75, 3.05) is 13.1 Å². The molecule has 7 heteroatoms. The lowest BCUT2D eigenvalue weighted by atomic mass is 10.2. The summed E-state index contributed by atoms with van der Waals surface area (Å²) in [5.74, 6) is -0.323. The zero-order chi connectivity index (χ0) is 15.3. The van der Waals surface area contributed by atoms with E-state index in [2.05, 4.69) is 29.1 Å². The van der Waals surface area contributed by atoms with Gasteiger partial charge in [0.2, 0.25) is 10.0 Å². The van der Waals surface area contributed by atoms with Crippen LogP contribution in [-0.4, -0.2) is 32.3 Å². The van der Waals surface area contributed by atoms with E-state index in [1.165, 1.54) is 23.1 Å². The summed E-state index contributed by atoms with van der Waals surface area (Å²) in [7, 11) is -3.87. The van der Waals surface area contributed by atoms with Crippen LogP contribution in [0.3, 0.4) is 0 Å². The molecule has 2 N–H and O–H groups in total. The lowest BCUT2D eigenvalue weighted by Gasteiger charge is -2.19. The second-order valence-electron chi connectivity index (χ2n) is 4.01. The highest BCUT2D eigenvalue weighted by Crippen LogP contribution is 2.20. The first-order valence-electron chi connectivity index (χ1n) is 5.64. The number of nitrogens with zero attached hydrogens (tertiary/aromatic N) is 1. The van der Waals surface area contributed by atoms with Gasteiger partial charge in [-0.3, -0.25) is 4.79 Å². The van der Waals surface area contributed by atoms with Crippen molar-refractivity contribution in [3.63, 3.8) is 0 Å². The molecule has 0 aliphatic heterocycles. The van der Waals surface area contributed by atoms with E-state index in [-0.39, 0.29) is 16.4 Å². The maximum absolute atomic E-state index is 12.3. The molecule has 0 spiro atoms. The topological polar surface area (TPSA) is 80.5 Å². The molecular weight excluding hydrogens is 344 g/mol. The maximum atomic E-state index is 12.3. The third kappa shape index (κ3) is 4.29. The molecule has 0 radical (unpaired) electrons. The molecular formula is C13H15BrN2O3S. The van der Waals surface area contributed by atoms with Crippen LogP contribution in [0.2, 0.25) is 0 Å². The van der Waals surface area contributed by atoms with Gasteiger partial charge in [-0.25, -0.2) is 13.6 Å². The Morgan fingerprint density at radius 2 is 1.80 bits per heavy atom. The average Bonchev–Trinajstić information content (AvgIpc) is 2.36. The van der Waals surface area contributed by atoms with E-state index in [1.54, 1.807) is 12.2 Å². The van der Waals surface area contributed by atoms with Gasteiger partial charge in [0.15, 0.2) is 0 Å². The van der Waals surface area contributed by atoms with Gasteiger partial charge >= 0.3 is 0 Å². The van der Waals surface area contributed by atoms with Crippen molar-refractivity contribution in [3.05, 3.63) is 53.5 Å². The number of hydrogen-bond donors (Lipinski definition) is 1. The van der Waals surface area contributed by atoms with Gasteiger partial charge in [-0.05, 0) is 18.2 Å². The largest absolute Gasteiger partial charge is 0.331 e. The highest BCUT2D eigenvalue weighted by atomic mass is 79.9. The Labute approximate surface area is 126 Å². The van der Waals surface area contributed by atoms with Gasteiger partial charge in [-0.2, -0.15) is 0 Å². The third-order valence-corrected chi connectivity index (χ3v) is 3.78. The Hall–Kier alpha value is -1.44. The van der Waals surface area contributed by atoms with Crippen molar-refractivity contribution < 1.29 is 13.2 Å². The molecule has 1 aromatic rings. The first kappa shape index (κ1) is 16.6. The molecule has 0 unspecified atom stereocenters. The number of carbonyl (C=O) groups excluding carboxylic acids is 1. The molecule has 20 heavy (non-hydrogen) atoms. The lowest BCUT2D eigenvalue weighted by Crippen LogP contribution is -2.31. The Balaban J connectivity index is 3.24. The summed E-state index contributed by atoms with van der Waals surface area (Å²) in [5.41, 5.74) is 0.229. The third-order valence-electron chi connectivity index (χ3n) is 2.43. The molecule has 0 aliphatic carbocycles. The summed E-state index contributed by atoms with van der Waals surface area (Å²) in [5, 5.41) is 5.08. The Kier molecular flexibility index (Phi) is 5.67. The number of primary sulfonamides is 1. The van der Waals surface area contributed by atoms with Crippen LogP contribution in [-0.2, 0) is 10.0 Å². The van der Waals surface area contributed by atoms with Gasteiger partial charge in [0.1, 0.15) is 0 Å². The van der Waals surface area contributed by atoms with Gasteiger partial charge in [0.05, 0.1) is 4.90 Å². The number of nitrogens with two attached hydrogens (primary N) is 1. The summed E-state index contributed by atoms with van der Waals surface area (Å²) in [4.78, 5) is 13.7. The normalized spacial score (nSPS) is 10.9. The van der Waals surface area contributed by atoms with Crippen LogP contribution < -0.4 is 5.14 Å². The molecule has 1 aromatic carbocycles. The first-order valence-corrected chi connectivity index (χ1v) is 7.98. The fourth-order valence-electron chi connectivity index (χ4n) is 1.59. The quantitative estimate of drug-likeness (QED) is 0.788. The molecule has 0 saturated carbocycles. The van der Waals surface area contributed by atoms with Crippen LogP contribution in [0.1, 0.15) is 10.4 Å². The van der Waals surface area contributed by atoms with Crippen molar-refractivity contribution in [2.24, 2.45) is 5.14 Å². The van der Waals surface area contributed by atoms with Gasteiger partial charge in [0, 0.05) is 23.1 Å². The predicted octanol–water partition coefficient (Wildman–Crippen LogP) is 1.91. The fraction of sp³-hybridized carbons (Fsp3) is 0.154. The lowest BCUT2D eigenvalue weighted by molar-refractivity contribution is 0.0790. The van der Waals surface area contributed by atoms with Gasteiger partial charge in [-0.15, -0.1) is 13.2 Å². The Morgan fingerprint density at radius 3 is 2.25 bits per heavy atom. The van der Waals surface area contributed by atoms with Crippen molar-refractivity contribution in [3.8, 4) is 0 Å². The fourth-order valence-corrected chi connectivity index (χ4v) is 2.81. The predicted molar refractivity (Wildman–Crippen MR) is 81.8 cm³/mol. The van der Waals surface area contributed by atoms with Gasteiger partial charge in [0.25, 0.3) is 5.91 Å². The standard InChI is InChI=1S/C13H15BrN2O3S/c1-3-5-16(6-4-2)13(17)10-7-11(14)9-12(8-10)20(15,18)19/h3-4,7-9H,1-2,5-6H2,(H2,15,18,19). The molecule has 1 rings (SSSR count). The summed E-state index contributed by atoms with van der Waals surface area (Å²) in [6, 6.07) is 4.13. The number of benzene rings is 1. The van der Waals surface area contributed by atoms with Gasteiger partial charge < -0.3 is 4.90 Å². The minimum atomic E-state index is -3.87. The molecule has 5 nitrogen and oxygen atoms in total. The molecule has 0 aliphatic rings. The van der Waals surface area contributed by atoms with E-state index in [9.17, 15) is 13.2 Å². The molecule has 0 heterocycles. The van der Waals surface area contributed by atoms with E-state index >= 15 is 0 Å². The van der Waals surface area contributed by atoms with Crippen LogP contribution in [0, 0.1) is 0 Å². The van der Waals surface area contributed by atoms with Crippen molar-refractivity contribution >= 4 is 31.9 Å². The van der Waals surface area contributed by atoms with Crippen LogP contribution >= 0.6 is 15.9 Å². The van der Waals surface area contributed by atoms with Crippen LogP contribution in [0.15, 0.2) is 52.9 Å². The second-order valence-corrected chi connectivity index (χ2v) is 6.49. The second kappa shape index (κ2) is 6.83. The number of hydrogen-bond acceptors (Lipinski definition) is 3. The zero-order valence-corrected chi connectivity index (χ0v) is 13.2. The monoisotopic (exact) mass is 358 g/mol. The minimum absolute atomic E-state index is 0.118. The van der Waals surface area contributed by atoms with E-state index in [0.29, 0.717) is 17.6 Å². The Morgan fingerprint density at radius 1 is 1.25 bits per heavy atom. The molecule has 0 fully saturated rings. The summed E-state index contributed by atoms with van der Waals surface area (Å²) in [6.45, 7) is 7.83. The first-order chi connectivity index (χ1) is 9.29. The van der Waals surface area contributed by atoms with Crippen molar-refractivity contribution in [1.82, 2.24) is 4.90 Å². The zero-order valence-electron chi connectivity index (χ0n) is 10.8. The van der Waals surface area contributed by atoms with Crippen LogP contribution in [0.4, 0.5) is 0 Å². The van der Waals surface area contributed by atoms with Gasteiger partial charge in [-0.1, -0.05) is 28.1 Å². The average molecular weight is 359 g/mol. The smallest absolute Gasteiger partial charge is 0.254 e. The van der Waals surface area contributed by atoms with E-state index in [4.69, 9.17) is 5.14 Å². The van der Waals surface area contributed by atoms with Crippen LogP contribution in [0.5, 0.6) is 0 Å². The summed E-state index contributed by atoms with van der Waals surface area (Å²) < 4.78 is 23.2. The summed E-state index contributed by atoms with van der Waals surface area (Å²) in [6.07, 6.45) is 3.17. The highest BCUT2D eigenvalue weighted by Gasteiger charge is 2.17. The van der Waals surface area contributed by atoms with E-state index < -0.39 is 10.0 Å².